The highest BCUT2D eigenvalue weighted by Crippen LogP contribution is 2.39. The number of rotatable bonds is 8. The average Bonchev–Trinajstić information content (AvgIpc) is 3.26. The maximum Gasteiger partial charge on any atom is 0.323 e. The van der Waals surface area contributed by atoms with E-state index in [2.05, 4.69) is 41.3 Å². The predicted molar refractivity (Wildman–Crippen MR) is 146 cm³/mol. The van der Waals surface area contributed by atoms with Crippen LogP contribution in [0, 0.1) is 0 Å². The standard InChI is InChI=1S/C31H38N4O2/c1-31(2,3)37-30(36)26(32)13-8-18-35(28-14-6-10-21-11-7-16-34-29(21)28)20-27-25-19-22-9-4-5-12-23(22)24(25)15-17-33-27/h4-5,7,9,11-12,15-17,26,28H,6,8,10,13-14,18-20,32H2,1-3H3/t26-,28-/m0/s1. The van der Waals surface area contributed by atoms with Gasteiger partial charge in [-0.2, -0.15) is 0 Å². The fraction of sp³-hybridized carbons (Fsp3) is 0.452. The number of fused-ring (bicyclic) bond motifs is 4. The topological polar surface area (TPSA) is 81.3 Å². The van der Waals surface area contributed by atoms with Gasteiger partial charge in [-0.05, 0) is 99.4 Å². The number of carbonyl (C=O) groups is 1. The number of nitrogens with zero attached hydrogens (tertiary/aromatic N) is 3. The summed E-state index contributed by atoms with van der Waals surface area (Å²) in [6.07, 6.45) is 9.44. The Kier molecular flexibility index (Phi) is 7.40. The molecule has 2 aliphatic rings. The fourth-order valence-electron chi connectivity index (χ4n) is 5.74. The van der Waals surface area contributed by atoms with Crippen molar-refractivity contribution in [1.29, 1.82) is 0 Å². The van der Waals surface area contributed by atoms with Crippen molar-refractivity contribution < 1.29 is 9.53 Å². The minimum Gasteiger partial charge on any atom is -0.459 e. The molecule has 1 aromatic carbocycles. The van der Waals surface area contributed by atoms with E-state index in [1.165, 1.54) is 33.5 Å². The zero-order valence-corrected chi connectivity index (χ0v) is 22.2. The third-order valence-corrected chi connectivity index (χ3v) is 7.45. The van der Waals surface area contributed by atoms with Crippen LogP contribution in [0.15, 0.2) is 54.9 Å². The molecule has 2 aromatic heterocycles. The molecule has 3 aromatic rings. The molecular formula is C31H38N4O2. The first kappa shape index (κ1) is 25.6. The molecule has 6 nitrogen and oxygen atoms in total. The molecule has 5 rings (SSSR count). The van der Waals surface area contributed by atoms with E-state index in [1.807, 2.05) is 39.2 Å². The highest BCUT2D eigenvalue weighted by atomic mass is 16.6. The Hall–Kier alpha value is -3.09. The summed E-state index contributed by atoms with van der Waals surface area (Å²) in [4.78, 5) is 24.7. The van der Waals surface area contributed by atoms with Gasteiger partial charge in [0, 0.05) is 25.4 Å². The minimum atomic E-state index is -0.619. The van der Waals surface area contributed by atoms with Gasteiger partial charge in [0.25, 0.3) is 0 Å². The lowest BCUT2D eigenvalue weighted by molar-refractivity contribution is -0.156. The highest BCUT2D eigenvalue weighted by molar-refractivity contribution is 5.77. The molecule has 37 heavy (non-hydrogen) atoms. The van der Waals surface area contributed by atoms with E-state index in [-0.39, 0.29) is 12.0 Å². The van der Waals surface area contributed by atoms with E-state index < -0.39 is 11.6 Å². The number of aryl methyl sites for hydroxylation is 1. The molecule has 2 N–H and O–H groups in total. The van der Waals surface area contributed by atoms with Gasteiger partial charge >= 0.3 is 5.97 Å². The molecule has 0 saturated carbocycles. The normalized spacial score (nSPS) is 17.2. The van der Waals surface area contributed by atoms with Gasteiger partial charge in [-0.25, -0.2) is 0 Å². The average molecular weight is 499 g/mol. The zero-order chi connectivity index (χ0) is 26.0. The molecule has 2 heterocycles. The maximum atomic E-state index is 12.4. The number of pyridine rings is 2. The van der Waals surface area contributed by atoms with Crippen LogP contribution in [0.25, 0.3) is 11.1 Å². The van der Waals surface area contributed by atoms with Gasteiger partial charge in [-0.15, -0.1) is 0 Å². The number of hydrogen-bond donors (Lipinski definition) is 1. The van der Waals surface area contributed by atoms with Crippen LogP contribution < -0.4 is 5.73 Å². The van der Waals surface area contributed by atoms with Crippen LogP contribution in [-0.2, 0) is 28.9 Å². The van der Waals surface area contributed by atoms with Crippen molar-refractivity contribution in [2.45, 2.75) is 83.5 Å². The van der Waals surface area contributed by atoms with Crippen LogP contribution in [0.1, 0.15) is 80.6 Å². The molecule has 0 fully saturated rings. The maximum absolute atomic E-state index is 12.4. The second-order valence-electron chi connectivity index (χ2n) is 11.3. The number of hydrogen-bond acceptors (Lipinski definition) is 6. The quantitative estimate of drug-likeness (QED) is 0.329. The van der Waals surface area contributed by atoms with Crippen LogP contribution in [0.4, 0.5) is 0 Å². The molecule has 0 amide bonds. The summed E-state index contributed by atoms with van der Waals surface area (Å²) in [5.74, 6) is -0.330. The first-order chi connectivity index (χ1) is 17.8. The summed E-state index contributed by atoms with van der Waals surface area (Å²) in [5, 5.41) is 0. The van der Waals surface area contributed by atoms with Gasteiger partial charge in [0.05, 0.1) is 17.4 Å². The van der Waals surface area contributed by atoms with Crippen molar-refractivity contribution in [1.82, 2.24) is 14.9 Å². The van der Waals surface area contributed by atoms with Gasteiger partial charge < -0.3 is 10.5 Å². The van der Waals surface area contributed by atoms with Crippen molar-refractivity contribution in [3.63, 3.8) is 0 Å². The van der Waals surface area contributed by atoms with Crippen molar-refractivity contribution >= 4 is 5.97 Å². The number of aromatic nitrogens is 2. The molecule has 6 heteroatoms. The van der Waals surface area contributed by atoms with E-state index in [9.17, 15) is 4.79 Å². The van der Waals surface area contributed by atoms with Crippen LogP contribution >= 0.6 is 0 Å². The summed E-state index contributed by atoms with van der Waals surface area (Å²) >= 11 is 0. The summed E-state index contributed by atoms with van der Waals surface area (Å²) in [5.41, 5.74) is 14.7. The second kappa shape index (κ2) is 10.7. The van der Waals surface area contributed by atoms with E-state index >= 15 is 0 Å². The lowest BCUT2D eigenvalue weighted by Crippen LogP contribution is -2.38. The molecule has 0 saturated heterocycles. The summed E-state index contributed by atoms with van der Waals surface area (Å²) in [6.45, 7) is 7.18. The zero-order valence-electron chi connectivity index (χ0n) is 22.2. The summed E-state index contributed by atoms with van der Waals surface area (Å²) in [6, 6.07) is 14.6. The smallest absolute Gasteiger partial charge is 0.323 e. The Morgan fingerprint density at radius 2 is 1.89 bits per heavy atom. The first-order valence-corrected chi connectivity index (χ1v) is 13.5. The Labute approximate surface area is 220 Å². The largest absolute Gasteiger partial charge is 0.459 e. The van der Waals surface area contributed by atoms with Crippen LogP contribution in [-0.4, -0.2) is 39.0 Å². The van der Waals surface area contributed by atoms with Crippen molar-refractivity contribution in [2.24, 2.45) is 5.73 Å². The number of ether oxygens (including phenoxy) is 1. The van der Waals surface area contributed by atoms with Crippen LogP contribution in [0.2, 0.25) is 0 Å². The van der Waals surface area contributed by atoms with E-state index in [1.54, 1.807) is 0 Å². The first-order valence-electron chi connectivity index (χ1n) is 13.5. The molecule has 0 aliphatic heterocycles. The Morgan fingerprint density at radius 3 is 2.73 bits per heavy atom. The predicted octanol–water partition coefficient (Wildman–Crippen LogP) is 5.38. The van der Waals surface area contributed by atoms with Gasteiger partial charge in [-0.3, -0.25) is 19.7 Å². The molecule has 2 atom stereocenters. The Bertz CT molecular complexity index is 1270. The highest BCUT2D eigenvalue weighted by Gasteiger charge is 2.30. The van der Waals surface area contributed by atoms with Crippen LogP contribution in [0.5, 0.6) is 0 Å². The summed E-state index contributed by atoms with van der Waals surface area (Å²) in [7, 11) is 0. The molecule has 2 aliphatic carbocycles. The van der Waals surface area contributed by atoms with Crippen molar-refractivity contribution in [3.05, 3.63) is 82.9 Å². The Balaban J connectivity index is 1.37. The number of nitrogens with two attached hydrogens (primary N) is 1. The summed E-state index contributed by atoms with van der Waals surface area (Å²) < 4.78 is 5.50. The second-order valence-corrected chi connectivity index (χ2v) is 11.3. The SMILES string of the molecule is CC(C)(C)OC(=O)[C@@H](N)CCCN(Cc1nccc2c1Cc1ccccc1-2)[C@H]1CCCc2cccnc21. The monoisotopic (exact) mass is 498 g/mol. The third kappa shape index (κ3) is 5.76. The molecular weight excluding hydrogens is 460 g/mol. The molecule has 0 bridgehead atoms. The number of carbonyl (C=O) groups excluding carboxylic acids is 1. The molecule has 0 unspecified atom stereocenters. The molecule has 0 spiro atoms. The van der Waals surface area contributed by atoms with Gasteiger partial charge in [0.2, 0.25) is 0 Å². The van der Waals surface area contributed by atoms with Gasteiger partial charge in [0.15, 0.2) is 0 Å². The van der Waals surface area contributed by atoms with E-state index in [0.29, 0.717) is 6.42 Å². The lowest BCUT2D eigenvalue weighted by Gasteiger charge is -2.35. The molecule has 194 valence electrons. The fourth-order valence-corrected chi connectivity index (χ4v) is 5.74. The van der Waals surface area contributed by atoms with Crippen LogP contribution in [0.3, 0.4) is 0 Å². The minimum absolute atomic E-state index is 0.226. The Morgan fingerprint density at radius 1 is 1.08 bits per heavy atom. The van der Waals surface area contributed by atoms with Crippen molar-refractivity contribution in [2.75, 3.05) is 6.54 Å². The third-order valence-electron chi connectivity index (χ3n) is 7.45. The van der Waals surface area contributed by atoms with Gasteiger partial charge in [0.1, 0.15) is 11.6 Å². The number of benzene rings is 1. The molecule has 0 radical (unpaired) electrons. The van der Waals surface area contributed by atoms with E-state index in [0.717, 1.165) is 50.9 Å². The van der Waals surface area contributed by atoms with Gasteiger partial charge in [-0.1, -0.05) is 30.3 Å². The lowest BCUT2D eigenvalue weighted by atomic mass is 9.90. The van der Waals surface area contributed by atoms with E-state index in [4.69, 9.17) is 20.4 Å². The number of esters is 1. The van der Waals surface area contributed by atoms with Crippen molar-refractivity contribution in [3.8, 4) is 11.1 Å².